The van der Waals surface area contributed by atoms with Crippen molar-refractivity contribution < 1.29 is 9.72 Å². The summed E-state index contributed by atoms with van der Waals surface area (Å²) in [5, 5.41) is 16.6. The standard InChI is InChI=1S/C17H19N3O3/c1-11-6-4-9-16(12(11)2)18-13(3)17(21)19-14-7-5-8-15(10-14)20(22)23/h4-10,13,18H,1-3H3,(H,19,21). The van der Waals surface area contributed by atoms with Crippen LogP contribution in [0.2, 0.25) is 0 Å². The quantitative estimate of drug-likeness (QED) is 0.652. The molecule has 120 valence electrons. The molecule has 2 aromatic carbocycles. The molecule has 2 N–H and O–H groups in total. The molecule has 0 bridgehead atoms. The van der Waals surface area contributed by atoms with Crippen LogP contribution in [0.25, 0.3) is 0 Å². The molecule has 6 heteroatoms. The van der Waals surface area contributed by atoms with Gasteiger partial charge >= 0.3 is 0 Å². The van der Waals surface area contributed by atoms with Crippen LogP contribution in [-0.4, -0.2) is 16.9 Å². The third kappa shape index (κ3) is 4.06. The van der Waals surface area contributed by atoms with Crippen LogP contribution in [0, 0.1) is 24.0 Å². The number of aryl methyl sites for hydroxylation is 1. The molecular formula is C17H19N3O3. The van der Waals surface area contributed by atoms with Crippen LogP contribution in [0.4, 0.5) is 17.1 Å². The van der Waals surface area contributed by atoms with Crippen LogP contribution >= 0.6 is 0 Å². The highest BCUT2D eigenvalue weighted by molar-refractivity contribution is 5.96. The molecule has 1 amide bonds. The van der Waals surface area contributed by atoms with E-state index in [0.29, 0.717) is 5.69 Å². The lowest BCUT2D eigenvalue weighted by atomic mass is 10.1. The number of hydrogen-bond donors (Lipinski definition) is 2. The molecule has 2 rings (SSSR count). The maximum absolute atomic E-state index is 12.3. The summed E-state index contributed by atoms with van der Waals surface area (Å²) in [6, 6.07) is 11.3. The van der Waals surface area contributed by atoms with Crippen molar-refractivity contribution in [2.45, 2.75) is 26.8 Å². The van der Waals surface area contributed by atoms with Crippen molar-refractivity contribution in [1.29, 1.82) is 0 Å². The molecule has 1 unspecified atom stereocenters. The summed E-state index contributed by atoms with van der Waals surface area (Å²) < 4.78 is 0. The van der Waals surface area contributed by atoms with E-state index in [-0.39, 0.29) is 11.6 Å². The van der Waals surface area contributed by atoms with E-state index in [1.807, 2.05) is 32.0 Å². The summed E-state index contributed by atoms with van der Waals surface area (Å²) in [6.45, 7) is 5.74. The Hall–Kier alpha value is -2.89. The van der Waals surface area contributed by atoms with Gasteiger partial charge < -0.3 is 10.6 Å². The fourth-order valence-electron chi connectivity index (χ4n) is 2.15. The number of nitro groups is 1. The van der Waals surface area contributed by atoms with E-state index in [0.717, 1.165) is 16.8 Å². The molecule has 0 radical (unpaired) electrons. The molecule has 0 fully saturated rings. The first-order valence-electron chi connectivity index (χ1n) is 7.26. The average molecular weight is 313 g/mol. The van der Waals surface area contributed by atoms with Crippen LogP contribution in [-0.2, 0) is 4.79 Å². The summed E-state index contributed by atoms with van der Waals surface area (Å²) in [7, 11) is 0. The minimum absolute atomic E-state index is 0.0575. The van der Waals surface area contributed by atoms with Gasteiger partial charge in [-0.05, 0) is 44.0 Å². The second-order valence-electron chi connectivity index (χ2n) is 5.41. The molecule has 0 aliphatic heterocycles. The lowest BCUT2D eigenvalue weighted by Gasteiger charge is -2.17. The normalized spacial score (nSPS) is 11.6. The molecule has 0 saturated carbocycles. The Kier molecular flexibility index (Phi) is 4.95. The maximum Gasteiger partial charge on any atom is 0.271 e. The molecule has 0 spiro atoms. The molecular weight excluding hydrogens is 294 g/mol. The molecule has 2 aromatic rings. The van der Waals surface area contributed by atoms with Crippen LogP contribution in [0.1, 0.15) is 18.1 Å². The number of nitro benzene ring substituents is 1. The Balaban J connectivity index is 2.07. The molecule has 0 aromatic heterocycles. The number of nitrogens with zero attached hydrogens (tertiary/aromatic N) is 1. The number of anilines is 2. The molecule has 0 heterocycles. The van der Waals surface area contributed by atoms with Gasteiger partial charge in [0.25, 0.3) is 5.69 Å². The van der Waals surface area contributed by atoms with E-state index in [1.54, 1.807) is 13.0 Å². The second kappa shape index (κ2) is 6.91. The topological polar surface area (TPSA) is 84.3 Å². The van der Waals surface area contributed by atoms with Crippen LogP contribution in [0.5, 0.6) is 0 Å². The molecule has 23 heavy (non-hydrogen) atoms. The zero-order valence-electron chi connectivity index (χ0n) is 13.3. The van der Waals surface area contributed by atoms with Gasteiger partial charge in [0.05, 0.1) is 4.92 Å². The number of nitrogens with one attached hydrogen (secondary N) is 2. The molecule has 0 aliphatic rings. The Bertz CT molecular complexity index is 744. The maximum atomic E-state index is 12.3. The number of amides is 1. The minimum atomic E-state index is -0.493. The highest BCUT2D eigenvalue weighted by Crippen LogP contribution is 2.20. The zero-order valence-corrected chi connectivity index (χ0v) is 13.3. The SMILES string of the molecule is Cc1cccc(NC(C)C(=O)Nc2cccc([N+](=O)[O-])c2)c1C. The summed E-state index contributed by atoms with van der Waals surface area (Å²) >= 11 is 0. The summed E-state index contributed by atoms with van der Waals surface area (Å²) in [5.41, 5.74) is 3.47. The van der Waals surface area contributed by atoms with Crippen molar-refractivity contribution in [2.75, 3.05) is 10.6 Å². The van der Waals surface area contributed by atoms with Crippen LogP contribution in [0.15, 0.2) is 42.5 Å². The van der Waals surface area contributed by atoms with Crippen molar-refractivity contribution >= 4 is 23.0 Å². The average Bonchev–Trinajstić information content (AvgIpc) is 2.52. The van der Waals surface area contributed by atoms with E-state index < -0.39 is 11.0 Å². The van der Waals surface area contributed by atoms with Crippen LogP contribution in [0.3, 0.4) is 0 Å². The zero-order chi connectivity index (χ0) is 17.0. The van der Waals surface area contributed by atoms with Gasteiger partial charge in [0.15, 0.2) is 0 Å². The third-order valence-corrected chi connectivity index (χ3v) is 3.69. The van der Waals surface area contributed by atoms with Gasteiger partial charge in [0.1, 0.15) is 6.04 Å². The Labute approximate surface area is 134 Å². The van der Waals surface area contributed by atoms with E-state index in [2.05, 4.69) is 10.6 Å². The monoisotopic (exact) mass is 313 g/mol. The van der Waals surface area contributed by atoms with Gasteiger partial charge in [-0.3, -0.25) is 14.9 Å². The van der Waals surface area contributed by atoms with E-state index in [1.165, 1.54) is 18.2 Å². The number of benzene rings is 2. The van der Waals surface area contributed by atoms with Crippen molar-refractivity contribution in [3.63, 3.8) is 0 Å². The Morgan fingerprint density at radius 2 is 1.87 bits per heavy atom. The number of non-ortho nitro benzene ring substituents is 1. The minimum Gasteiger partial charge on any atom is -0.374 e. The van der Waals surface area contributed by atoms with Gasteiger partial charge in [-0.25, -0.2) is 0 Å². The molecule has 1 atom stereocenters. The van der Waals surface area contributed by atoms with E-state index in [9.17, 15) is 14.9 Å². The van der Waals surface area contributed by atoms with Gasteiger partial charge in [-0.2, -0.15) is 0 Å². The first-order valence-corrected chi connectivity index (χ1v) is 7.26. The highest BCUT2D eigenvalue weighted by atomic mass is 16.6. The van der Waals surface area contributed by atoms with Crippen molar-refractivity contribution in [3.05, 3.63) is 63.7 Å². The summed E-state index contributed by atoms with van der Waals surface area (Å²) in [5.74, 6) is -0.258. The molecule has 0 saturated heterocycles. The predicted molar refractivity (Wildman–Crippen MR) is 90.7 cm³/mol. The lowest BCUT2D eigenvalue weighted by Crippen LogP contribution is -2.32. The van der Waals surface area contributed by atoms with Crippen molar-refractivity contribution in [1.82, 2.24) is 0 Å². The number of carbonyl (C=O) groups excluding carboxylic acids is 1. The molecule has 6 nitrogen and oxygen atoms in total. The second-order valence-corrected chi connectivity index (χ2v) is 5.41. The molecule has 0 aliphatic carbocycles. The largest absolute Gasteiger partial charge is 0.374 e. The predicted octanol–water partition coefficient (Wildman–Crippen LogP) is 3.65. The summed E-state index contributed by atoms with van der Waals surface area (Å²) in [6.07, 6.45) is 0. The first-order chi connectivity index (χ1) is 10.9. The summed E-state index contributed by atoms with van der Waals surface area (Å²) in [4.78, 5) is 22.5. The Morgan fingerprint density at radius 1 is 1.17 bits per heavy atom. The number of carbonyl (C=O) groups is 1. The number of hydrogen-bond acceptors (Lipinski definition) is 4. The highest BCUT2D eigenvalue weighted by Gasteiger charge is 2.15. The Morgan fingerprint density at radius 3 is 2.57 bits per heavy atom. The first kappa shape index (κ1) is 16.5. The van der Waals surface area contributed by atoms with Gasteiger partial charge in [0.2, 0.25) is 5.91 Å². The van der Waals surface area contributed by atoms with Crippen molar-refractivity contribution in [2.24, 2.45) is 0 Å². The van der Waals surface area contributed by atoms with E-state index in [4.69, 9.17) is 0 Å². The van der Waals surface area contributed by atoms with Crippen molar-refractivity contribution in [3.8, 4) is 0 Å². The smallest absolute Gasteiger partial charge is 0.271 e. The lowest BCUT2D eigenvalue weighted by molar-refractivity contribution is -0.384. The van der Waals surface area contributed by atoms with Gasteiger partial charge in [-0.1, -0.05) is 18.2 Å². The van der Waals surface area contributed by atoms with Crippen LogP contribution < -0.4 is 10.6 Å². The third-order valence-electron chi connectivity index (χ3n) is 3.69. The van der Waals surface area contributed by atoms with E-state index >= 15 is 0 Å². The van der Waals surface area contributed by atoms with Gasteiger partial charge in [-0.15, -0.1) is 0 Å². The fourth-order valence-corrected chi connectivity index (χ4v) is 2.15. The fraction of sp³-hybridized carbons (Fsp3) is 0.235. The van der Waals surface area contributed by atoms with Gasteiger partial charge in [0, 0.05) is 23.5 Å². The number of rotatable bonds is 5.